The van der Waals surface area contributed by atoms with Gasteiger partial charge in [0.1, 0.15) is 23.7 Å². The van der Waals surface area contributed by atoms with Gasteiger partial charge < -0.3 is 24.8 Å². The summed E-state index contributed by atoms with van der Waals surface area (Å²) in [5, 5.41) is 28.6. The molecular formula is C27H31ClFN5O4. The Morgan fingerprint density at radius 1 is 1.32 bits per heavy atom. The number of carbonyl (C=O) groups is 1. The number of aromatic nitrogens is 4. The monoisotopic (exact) mass is 543 g/mol. The Balaban J connectivity index is 1.33. The molecule has 0 bridgehead atoms. The highest BCUT2D eigenvalue weighted by atomic mass is 35.5. The number of carbonyl (C=O) groups excluding carboxylic acids is 1. The lowest BCUT2D eigenvalue weighted by molar-refractivity contribution is 0.0266. The predicted molar refractivity (Wildman–Crippen MR) is 140 cm³/mol. The minimum absolute atomic E-state index is 0.0730. The van der Waals surface area contributed by atoms with Crippen molar-refractivity contribution in [2.75, 3.05) is 11.9 Å². The standard InChI is InChI=1S/C27H31ClFN5O4/c1-26(2,36)13-38-22-10-21(34(4)32-22)27(37)11-16-7-15(8-17(16)12-27)23-24(33(3)14-30-23)25(35)31-18-5-6-20(29)19(28)9-18/h5-7,9-10,14,16-17,36-37H,8,11-13H2,1-4H3,(H,31,35). The summed E-state index contributed by atoms with van der Waals surface area (Å²) >= 11 is 5.86. The van der Waals surface area contributed by atoms with E-state index >= 15 is 0 Å². The highest BCUT2D eigenvalue weighted by Crippen LogP contribution is 2.53. The summed E-state index contributed by atoms with van der Waals surface area (Å²) in [6.07, 6.45) is 5.42. The molecule has 202 valence electrons. The smallest absolute Gasteiger partial charge is 0.274 e. The van der Waals surface area contributed by atoms with E-state index in [1.807, 2.05) is 0 Å². The van der Waals surface area contributed by atoms with Gasteiger partial charge in [0.2, 0.25) is 5.88 Å². The lowest BCUT2D eigenvalue weighted by atomic mass is 9.93. The molecule has 2 heterocycles. The highest BCUT2D eigenvalue weighted by Gasteiger charge is 2.49. The van der Waals surface area contributed by atoms with Gasteiger partial charge >= 0.3 is 0 Å². The second-order valence-corrected chi connectivity index (χ2v) is 11.4. The Labute approximate surface area is 224 Å². The quantitative estimate of drug-likeness (QED) is 0.414. The average Bonchev–Trinajstić information content (AvgIpc) is 3.56. The Kier molecular flexibility index (Phi) is 6.61. The fraction of sp³-hybridized carbons (Fsp3) is 0.444. The normalized spacial score (nSPS) is 22.9. The van der Waals surface area contributed by atoms with Crippen LogP contribution in [-0.4, -0.2) is 47.7 Å². The number of anilines is 1. The first-order valence-corrected chi connectivity index (χ1v) is 12.8. The molecule has 3 atom stereocenters. The zero-order chi connectivity index (χ0) is 27.4. The summed E-state index contributed by atoms with van der Waals surface area (Å²) in [5.41, 5.74) is 0.950. The van der Waals surface area contributed by atoms with Crippen molar-refractivity contribution in [3.63, 3.8) is 0 Å². The first-order valence-electron chi connectivity index (χ1n) is 12.4. The van der Waals surface area contributed by atoms with E-state index < -0.39 is 17.0 Å². The molecule has 3 N–H and O–H groups in total. The molecule has 3 aromatic rings. The Morgan fingerprint density at radius 2 is 2.08 bits per heavy atom. The van der Waals surface area contributed by atoms with Gasteiger partial charge in [0.05, 0.1) is 28.3 Å². The number of fused-ring (bicyclic) bond motifs is 1. The SMILES string of the molecule is Cn1cnc(C2=CC3CC(O)(c4cc(OCC(C)(C)O)nn4C)CC3C2)c1C(=O)Nc1ccc(F)c(Cl)c1. The molecule has 1 fully saturated rings. The van der Waals surface area contributed by atoms with E-state index in [2.05, 4.69) is 21.5 Å². The summed E-state index contributed by atoms with van der Waals surface area (Å²) in [4.78, 5) is 17.7. The van der Waals surface area contributed by atoms with Crippen LogP contribution in [0.1, 0.15) is 55.0 Å². The van der Waals surface area contributed by atoms with Crippen molar-refractivity contribution in [3.8, 4) is 5.88 Å². The van der Waals surface area contributed by atoms with E-state index in [9.17, 15) is 19.4 Å². The van der Waals surface area contributed by atoms with Crippen molar-refractivity contribution in [2.45, 2.75) is 44.3 Å². The van der Waals surface area contributed by atoms with Crippen molar-refractivity contribution in [1.82, 2.24) is 19.3 Å². The van der Waals surface area contributed by atoms with E-state index in [0.717, 1.165) is 5.57 Å². The Morgan fingerprint density at radius 3 is 2.76 bits per heavy atom. The van der Waals surface area contributed by atoms with E-state index in [1.54, 1.807) is 49.6 Å². The molecule has 11 heteroatoms. The van der Waals surface area contributed by atoms with Crippen LogP contribution in [0.2, 0.25) is 5.02 Å². The van der Waals surface area contributed by atoms with Crippen LogP contribution in [0.4, 0.5) is 10.1 Å². The summed E-state index contributed by atoms with van der Waals surface area (Å²) in [5.74, 6) is -0.278. The number of halogens is 2. The van der Waals surface area contributed by atoms with Crippen LogP contribution in [-0.2, 0) is 19.7 Å². The number of imidazole rings is 1. The van der Waals surface area contributed by atoms with Gasteiger partial charge in [0.25, 0.3) is 5.91 Å². The zero-order valence-corrected chi connectivity index (χ0v) is 22.5. The van der Waals surface area contributed by atoms with Gasteiger partial charge in [-0.1, -0.05) is 17.7 Å². The van der Waals surface area contributed by atoms with Crippen molar-refractivity contribution in [1.29, 1.82) is 0 Å². The molecule has 2 aliphatic carbocycles. The summed E-state index contributed by atoms with van der Waals surface area (Å²) in [6, 6.07) is 5.76. The second-order valence-electron chi connectivity index (χ2n) is 11.0. The van der Waals surface area contributed by atoms with Crippen molar-refractivity contribution < 1.29 is 24.1 Å². The van der Waals surface area contributed by atoms with Gasteiger partial charge in [-0.3, -0.25) is 9.48 Å². The maximum atomic E-state index is 13.5. The van der Waals surface area contributed by atoms with Crippen LogP contribution in [0.25, 0.3) is 5.57 Å². The highest BCUT2D eigenvalue weighted by molar-refractivity contribution is 6.31. The van der Waals surface area contributed by atoms with Crippen LogP contribution in [0.5, 0.6) is 5.88 Å². The fourth-order valence-electron chi connectivity index (χ4n) is 5.53. The third-order valence-electron chi connectivity index (χ3n) is 7.22. The molecule has 9 nitrogen and oxygen atoms in total. The molecule has 5 rings (SSSR count). The van der Waals surface area contributed by atoms with Gasteiger partial charge in [-0.2, -0.15) is 0 Å². The van der Waals surface area contributed by atoms with E-state index in [0.29, 0.717) is 47.9 Å². The lowest BCUT2D eigenvalue weighted by Gasteiger charge is -2.23. The van der Waals surface area contributed by atoms with Crippen molar-refractivity contribution in [2.24, 2.45) is 25.9 Å². The van der Waals surface area contributed by atoms with Crippen LogP contribution in [0.3, 0.4) is 0 Å². The minimum atomic E-state index is -1.07. The zero-order valence-electron chi connectivity index (χ0n) is 21.7. The number of nitrogens with one attached hydrogen (secondary N) is 1. The van der Waals surface area contributed by atoms with Crippen LogP contribution in [0, 0.1) is 17.7 Å². The maximum absolute atomic E-state index is 13.5. The van der Waals surface area contributed by atoms with Gasteiger partial charge in [-0.05, 0) is 68.7 Å². The van der Waals surface area contributed by atoms with E-state index in [1.165, 1.54) is 18.2 Å². The predicted octanol–water partition coefficient (Wildman–Crippen LogP) is 4.05. The topological polar surface area (TPSA) is 114 Å². The Hall–Kier alpha value is -3.21. The van der Waals surface area contributed by atoms with Gasteiger partial charge in [0.15, 0.2) is 0 Å². The average molecular weight is 544 g/mol. The number of hydrogen-bond acceptors (Lipinski definition) is 6. The van der Waals surface area contributed by atoms with Crippen molar-refractivity contribution in [3.05, 3.63) is 64.6 Å². The molecule has 1 aromatic carbocycles. The molecule has 0 aliphatic heterocycles. The number of hydrogen-bond donors (Lipinski definition) is 3. The number of nitrogens with zero attached hydrogens (tertiary/aromatic N) is 4. The Bertz CT molecular complexity index is 1430. The van der Waals surface area contributed by atoms with Crippen molar-refractivity contribution >= 4 is 28.8 Å². The van der Waals surface area contributed by atoms with Crippen LogP contribution >= 0.6 is 11.6 Å². The molecule has 1 saturated carbocycles. The van der Waals surface area contributed by atoms with Gasteiger partial charge in [-0.15, -0.1) is 5.10 Å². The lowest BCUT2D eigenvalue weighted by Crippen LogP contribution is -2.28. The molecule has 3 unspecified atom stereocenters. The van der Waals surface area contributed by atoms with Gasteiger partial charge in [0, 0.05) is 25.8 Å². The first kappa shape index (κ1) is 26.4. The summed E-state index contributed by atoms with van der Waals surface area (Å²) in [6.45, 7) is 3.40. The number of benzene rings is 1. The molecule has 0 radical (unpaired) electrons. The van der Waals surface area contributed by atoms with Crippen LogP contribution < -0.4 is 10.1 Å². The number of allylic oxidation sites excluding steroid dienone is 2. The third-order valence-corrected chi connectivity index (χ3v) is 7.51. The third kappa shape index (κ3) is 5.08. The number of amides is 1. The second kappa shape index (κ2) is 9.52. The molecule has 2 aromatic heterocycles. The number of aliphatic hydroxyl groups is 2. The van der Waals surface area contributed by atoms with E-state index in [4.69, 9.17) is 16.3 Å². The summed E-state index contributed by atoms with van der Waals surface area (Å²) in [7, 11) is 3.52. The minimum Gasteiger partial charge on any atom is -0.474 e. The van der Waals surface area contributed by atoms with Crippen LogP contribution in [0.15, 0.2) is 36.7 Å². The number of aryl methyl sites for hydroxylation is 2. The van der Waals surface area contributed by atoms with Gasteiger partial charge in [-0.25, -0.2) is 9.37 Å². The number of rotatable bonds is 7. The summed E-state index contributed by atoms with van der Waals surface area (Å²) < 4.78 is 22.4. The fourth-order valence-corrected chi connectivity index (χ4v) is 5.71. The number of ether oxygens (including phenoxy) is 1. The molecule has 1 amide bonds. The largest absolute Gasteiger partial charge is 0.474 e. The van der Waals surface area contributed by atoms with E-state index in [-0.39, 0.29) is 29.4 Å². The molecule has 2 aliphatic rings. The molecule has 0 spiro atoms. The molecule has 38 heavy (non-hydrogen) atoms. The molecular weight excluding hydrogens is 513 g/mol. The first-order chi connectivity index (χ1) is 17.8. The maximum Gasteiger partial charge on any atom is 0.274 e. The molecule has 0 saturated heterocycles.